The number of halogens is 1. The van der Waals surface area contributed by atoms with Crippen molar-refractivity contribution >= 4 is 44.6 Å². The molecule has 0 spiro atoms. The van der Waals surface area contributed by atoms with Gasteiger partial charge in [0.15, 0.2) is 5.82 Å². The Bertz CT molecular complexity index is 750. The number of thiocarbonyl (C=S) groups is 1. The summed E-state index contributed by atoms with van der Waals surface area (Å²) in [4.78, 5) is 7.55. The summed E-state index contributed by atoms with van der Waals surface area (Å²) in [5.41, 5.74) is 5.89. The fourth-order valence-corrected chi connectivity index (χ4v) is 3.05. The van der Waals surface area contributed by atoms with Crippen LogP contribution in [0.25, 0.3) is 0 Å². The Morgan fingerprint density at radius 2 is 2.10 bits per heavy atom. The molecular formula is C11H9ClN4O2S2. The highest BCUT2D eigenvalue weighted by atomic mass is 35.5. The van der Waals surface area contributed by atoms with Crippen LogP contribution in [0.1, 0.15) is 5.56 Å². The molecule has 0 atom stereocenters. The molecule has 6 nitrogen and oxygen atoms in total. The van der Waals surface area contributed by atoms with E-state index in [4.69, 9.17) is 29.6 Å². The van der Waals surface area contributed by atoms with Crippen molar-refractivity contribution < 1.29 is 8.42 Å². The molecule has 0 aliphatic carbocycles. The van der Waals surface area contributed by atoms with Gasteiger partial charge in [0, 0.05) is 18.0 Å². The first-order valence-corrected chi connectivity index (χ1v) is 7.55. The van der Waals surface area contributed by atoms with Crippen molar-refractivity contribution in [2.75, 3.05) is 4.72 Å². The van der Waals surface area contributed by atoms with Gasteiger partial charge in [0.25, 0.3) is 10.0 Å². The molecule has 0 radical (unpaired) electrons. The third-order valence-electron chi connectivity index (χ3n) is 2.31. The summed E-state index contributed by atoms with van der Waals surface area (Å²) in [6.45, 7) is 0. The van der Waals surface area contributed by atoms with E-state index in [0.29, 0.717) is 5.56 Å². The highest BCUT2D eigenvalue weighted by Crippen LogP contribution is 2.24. The number of aromatic nitrogens is 2. The zero-order chi connectivity index (χ0) is 14.8. The minimum atomic E-state index is -3.90. The van der Waals surface area contributed by atoms with Gasteiger partial charge >= 0.3 is 0 Å². The maximum absolute atomic E-state index is 12.2. The van der Waals surface area contributed by atoms with E-state index in [9.17, 15) is 8.42 Å². The van der Waals surface area contributed by atoms with Gasteiger partial charge in [-0.25, -0.2) is 13.4 Å². The number of benzene rings is 1. The highest BCUT2D eigenvalue weighted by Gasteiger charge is 2.19. The third kappa shape index (κ3) is 3.21. The number of hydrogen-bond acceptors (Lipinski definition) is 5. The van der Waals surface area contributed by atoms with Crippen LogP contribution in [0.3, 0.4) is 0 Å². The lowest BCUT2D eigenvalue weighted by molar-refractivity contribution is 0.601. The van der Waals surface area contributed by atoms with Gasteiger partial charge in [-0.3, -0.25) is 9.71 Å². The predicted octanol–water partition coefficient (Wildman–Crippen LogP) is 1.57. The van der Waals surface area contributed by atoms with Crippen LogP contribution in [0.15, 0.2) is 41.7 Å². The molecule has 2 aromatic rings. The van der Waals surface area contributed by atoms with Gasteiger partial charge in [0.2, 0.25) is 0 Å². The van der Waals surface area contributed by atoms with Crippen molar-refractivity contribution in [2.24, 2.45) is 5.73 Å². The van der Waals surface area contributed by atoms with E-state index in [1.54, 1.807) is 6.07 Å². The summed E-state index contributed by atoms with van der Waals surface area (Å²) in [5.74, 6) is 0.0873. The van der Waals surface area contributed by atoms with Gasteiger partial charge in [0.05, 0.1) is 11.2 Å². The smallest absolute Gasteiger partial charge is 0.264 e. The molecule has 0 aliphatic rings. The molecule has 1 aromatic carbocycles. The molecule has 20 heavy (non-hydrogen) atoms. The Labute approximate surface area is 126 Å². The summed E-state index contributed by atoms with van der Waals surface area (Å²) in [5, 5.41) is 0.0568. The first kappa shape index (κ1) is 14.6. The van der Waals surface area contributed by atoms with Crippen molar-refractivity contribution in [2.45, 2.75) is 4.90 Å². The number of anilines is 1. The third-order valence-corrected chi connectivity index (χ3v) is 4.38. The monoisotopic (exact) mass is 328 g/mol. The molecule has 0 fully saturated rings. The summed E-state index contributed by atoms with van der Waals surface area (Å²) < 4.78 is 26.8. The fraction of sp³-hybridized carbons (Fsp3) is 0. The average molecular weight is 329 g/mol. The number of nitrogens with two attached hydrogens (primary N) is 1. The maximum Gasteiger partial charge on any atom is 0.264 e. The quantitative estimate of drug-likeness (QED) is 0.827. The standard InChI is InChI=1S/C11H9ClN4O2S2/c12-8-2-1-7(11(13)19)5-9(8)20(17,18)16-10-6-14-3-4-15-10/h1-6H,(H2,13,19)(H,15,16). The number of nitrogens with one attached hydrogen (secondary N) is 1. The second-order valence-corrected chi connectivity index (χ2v) is 6.20. The lowest BCUT2D eigenvalue weighted by atomic mass is 10.2. The van der Waals surface area contributed by atoms with E-state index in [1.165, 1.54) is 30.7 Å². The van der Waals surface area contributed by atoms with Crippen LogP contribution in [0.5, 0.6) is 0 Å². The summed E-state index contributed by atoms with van der Waals surface area (Å²) in [7, 11) is -3.90. The van der Waals surface area contributed by atoms with Crippen LogP contribution in [0, 0.1) is 0 Å². The van der Waals surface area contributed by atoms with Crippen molar-refractivity contribution in [3.05, 3.63) is 47.4 Å². The zero-order valence-electron chi connectivity index (χ0n) is 9.95. The van der Waals surface area contributed by atoms with E-state index in [1.807, 2.05) is 0 Å². The molecule has 1 aromatic heterocycles. The van der Waals surface area contributed by atoms with Crippen LogP contribution >= 0.6 is 23.8 Å². The van der Waals surface area contributed by atoms with Crippen LogP contribution in [0.2, 0.25) is 5.02 Å². The topological polar surface area (TPSA) is 98.0 Å². The molecule has 0 unspecified atom stereocenters. The Balaban J connectivity index is 2.44. The van der Waals surface area contributed by atoms with Gasteiger partial charge in [0.1, 0.15) is 9.88 Å². The summed E-state index contributed by atoms with van der Waals surface area (Å²) >= 11 is 10.7. The minimum absolute atomic E-state index is 0.0568. The summed E-state index contributed by atoms with van der Waals surface area (Å²) in [6.07, 6.45) is 4.08. The molecule has 0 amide bonds. The van der Waals surface area contributed by atoms with E-state index < -0.39 is 10.0 Å². The molecule has 0 saturated carbocycles. The molecule has 0 bridgehead atoms. The van der Waals surface area contributed by atoms with Crippen molar-refractivity contribution in [3.63, 3.8) is 0 Å². The normalized spacial score (nSPS) is 11.1. The number of sulfonamides is 1. The predicted molar refractivity (Wildman–Crippen MR) is 80.2 cm³/mol. The molecule has 0 saturated heterocycles. The second-order valence-electron chi connectivity index (χ2n) is 3.71. The minimum Gasteiger partial charge on any atom is -0.389 e. The number of nitrogens with zero attached hydrogens (tertiary/aromatic N) is 2. The van der Waals surface area contributed by atoms with Crippen molar-refractivity contribution in [1.82, 2.24) is 9.97 Å². The van der Waals surface area contributed by atoms with Gasteiger partial charge in [-0.05, 0) is 12.1 Å². The summed E-state index contributed by atoms with van der Waals surface area (Å²) in [6, 6.07) is 4.27. The van der Waals surface area contributed by atoms with Crippen LogP contribution in [-0.4, -0.2) is 23.4 Å². The van der Waals surface area contributed by atoms with Gasteiger partial charge < -0.3 is 5.73 Å². The number of rotatable bonds is 4. The number of hydrogen-bond donors (Lipinski definition) is 2. The highest BCUT2D eigenvalue weighted by molar-refractivity contribution is 7.92. The Hall–Kier alpha value is -1.77. The zero-order valence-corrected chi connectivity index (χ0v) is 12.3. The molecule has 9 heteroatoms. The Morgan fingerprint density at radius 3 is 2.70 bits per heavy atom. The lowest BCUT2D eigenvalue weighted by Crippen LogP contribution is -2.16. The Kier molecular flexibility index (Phi) is 4.17. The molecule has 1 heterocycles. The lowest BCUT2D eigenvalue weighted by Gasteiger charge is -2.09. The first-order chi connectivity index (χ1) is 9.40. The SMILES string of the molecule is NC(=S)c1ccc(Cl)c(S(=O)(=O)Nc2cnccn2)c1. The Morgan fingerprint density at radius 1 is 1.35 bits per heavy atom. The molecule has 104 valence electrons. The van der Waals surface area contributed by atoms with Crippen molar-refractivity contribution in [3.8, 4) is 0 Å². The van der Waals surface area contributed by atoms with Gasteiger partial charge in [-0.2, -0.15) is 0 Å². The van der Waals surface area contributed by atoms with Gasteiger partial charge in [-0.15, -0.1) is 0 Å². The molecule has 2 rings (SSSR count). The van der Waals surface area contributed by atoms with E-state index in [0.717, 1.165) is 0 Å². The molecular weight excluding hydrogens is 320 g/mol. The maximum atomic E-state index is 12.2. The van der Waals surface area contributed by atoms with E-state index in [-0.39, 0.29) is 20.7 Å². The largest absolute Gasteiger partial charge is 0.389 e. The van der Waals surface area contributed by atoms with Crippen LogP contribution in [-0.2, 0) is 10.0 Å². The average Bonchev–Trinajstić information content (AvgIpc) is 2.39. The van der Waals surface area contributed by atoms with Crippen LogP contribution < -0.4 is 10.5 Å². The molecule has 3 N–H and O–H groups in total. The van der Waals surface area contributed by atoms with E-state index in [2.05, 4.69) is 14.7 Å². The van der Waals surface area contributed by atoms with Gasteiger partial charge in [-0.1, -0.05) is 29.9 Å². The first-order valence-electron chi connectivity index (χ1n) is 5.28. The fourth-order valence-electron chi connectivity index (χ4n) is 1.41. The second kappa shape index (κ2) is 5.70. The molecule has 0 aliphatic heterocycles. The van der Waals surface area contributed by atoms with E-state index >= 15 is 0 Å². The van der Waals surface area contributed by atoms with Crippen LogP contribution in [0.4, 0.5) is 5.82 Å². The van der Waals surface area contributed by atoms with Crippen molar-refractivity contribution in [1.29, 1.82) is 0 Å².